The van der Waals surface area contributed by atoms with Gasteiger partial charge in [0.2, 0.25) is 0 Å². The maximum absolute atomic E-state index is 12.6. The average Bonchev–Trinajstić information content (AvgIpc) is 2.57. The quantitative estimate of drug-likeness (QED) is 0.589. The Hall–Kier alpha value is -2.22. The van der Waals surface area contributed by atoms with Crippen molar-refractivity contribution < 1.29 is 23.3 Å². The summed E-state index contributed by atoms with van der Waals surface area (Å²) >= 11 is 0. The lowest BCUT2D eigenvalue weighted by molar-refractivity contribution is -0.155. The molecule has 0 aliphatic rings. The zero-order chi connectivity index (χ0) is 22.2. The Morgan fingerprint density at radius 2 is 1.66 bits per heavy atom. The summed E-state index contributed by atoms with van der Waals surface area (Å²) in [4.78, 5) is 37.4. The van der Waals surface area contributed by atoms with Crippen molar-refractivity contribution in [3.8, 4) is 0 Å². The Morgan fingerprint density at radius 3 is 2.14 bits per heavy atom. The molecule has 0 bridgehead atoms. The van der Waals surface area contributed by atoms with Crippen molar-refractivity contribution in [2.24, 2.45) is 5.92 Å². The van der Waals surface area contributed by atoms with Crippen LogP contribution in [0.3, 0.4) is 0 Å². The summed E-state index contributed by atoms with van der Waals surface area (Å²) in [6.45, 7) is 9.22. The summed E-state index contributed by atoms with van der Waals surface area (Å²) in [5.74, 6) is -0.465. The number of carbonyl (C=O) groups is 3. The van der Waals surface area contributed by atoms with Gasteiger partial charge < -0.3 is 15.4 Å². The number of hydrogen-bond donors (Lipinski definition) is 2. The fourth-order valence-electron chi connectivity index (χ4n) is 2.59. The number of hydrogen-bond acceptors (Lipinski definition) is 5. The number of urea groups is 1. The molecule has 0 radical (unpaired) electrons. The van der Waals surface area contributed by atoms with Crippen LogP contribution in [-0.4, -0.2) is 39.9 Å². The number of rotatable bonds is 9. The first kappa shape index (κ1) is 24.8. The van der Waals surface area contributed by atoms with Gasteiger partial charge in [0, 0.05) is 34.1 Å². The lowest BCUT2D eigenvalue weighted by Crippen LogP contribution is -2.44. The molecule has 0 fully saturated rings. The van der Waals surface area contributed by atoms with Crippen LogP contribution >= 0.6 is 0 Å². The number of amides is 2. The minimum absolute atomic E-state index is 0.00356. The van der Waals surface area contributed by atoms with E-state index in [1.807, 2.05) is 13.8 Å². The fraction of sp³-hybridized carbons (Fsp3) is 0.571. The molecule has 0 saturated carbocycles. The van der Waals surface area contributed by atoms with Crippen molar-refractivity contribution >= 4 is 34.3 Å². The molecule has 1 unspecified atom stereocenters. The standard InChI is InChI=1S/C21H32N2O5S/c1-14(2)13-17(18(24)11-12-19(25)28-21(3,4)5)23-20(26)22-15-7-9-16(10-8-15)29(6)27/h7-10,14,17H,11-13H2,1-6H3,(H2,22,23,26)/t17-,29?/m0/s1. The zero-order valence-corrected chi connectivity index (χ0v) is 18.9. The highest BCUT2D eigenvalue weighted by molar-refractivity contribution is 7.84. The van der Waals surface area contributed by atoms with E-state index in [1.165, 1.54) is 0 Å². The smallest absolute Gasteiger partial charge is 0.319 e. The van der Waals surface area contributed by atoms with Crippen molar-refractivity contribution in [1.29, 1.82) is 0 Å². The minimum atomic E-state index is -1.10. The second kappa shape index (κ2) is 11.1. The number of esters is 1. The van der Waals surface area contributed by atoms with E-state index in [9.17, 15) is 18.6 Å². The van der Waals surface area contributed by atoms with E-state index in [0.717, 1.165) is 0 Å². The van der Waals surface area contributed by atoms with E-state index >= 15 is 0 Å². The van der Waals surface area contributed by atoms with Crippen molar-refractivity contribution in [3.05, 3.63) is 24.3 Å². The molecule has 7 nitrogen and oxygen atoms in total. The van der Waals surface area contributed by atoms with E-state index in [4.69, 9.17) is 4.74 Å². The third-order valence-corrected chi connectivity index (χ3v) is 4.78. The van der Waals surface area contributed by atoms with E-state index in [-0.39, 0.29) is 24.5 Å². The molecule has 2 amide bonds. The van der Waals surface area contributed by atoms with E-state index in [2.05, 4.69) is 10.6 Å². The molecule has 8 heteroatoms. The minimum Gasteiger partial charge on any atom is -0.460 e. The van der Waals surface area contributed by atoms with Gasteiger partial charge in [0.1, 0.15) is 5.60 Å². The Morgan fingerprint density at radius 1 is 1.07 bits per heavy atom. The number of nitrogens with one attached hydrogen (secondary N) is 2. The van der Waals surface area contributed by atoms with Gasteiger partial charge in [-0.3, -0.25) is 13.8 Å². The largest absolute Gasteiger partial charge is 0.460 e. The van der Waals surface area contributed by atoms with Crippen molar-refractivity contribution in [2.75, 3.05) is 11.6 Å². The Labute approximate surface area is 175 Å². The fourth-order valence-corrected chi connectivity index (χ4v) is 3.11. The van der Waals surface area contributed by atoms with Crippen LogP contribution in [-0.2, 0) is 25.1 Å². The number of ketones is 1. The van der Waals surface area contributed by atoms with Gasteiger partial charge >= 0.3 is 12.0 Å². The molecule has 1 rings (SSSR count). The van der Waals surface area contributed by atoms with Crippen LogP contribution in [0.5, 0.6) is 0 Å². The average molecular weight is 425 g/mol. The normalized spacial score (nSPS) is 13.5. The first-order valence-corrected chi connectivity index (χ1v) is 11.2. The highest BCUT2D eigenvalue weighted by Gasteiger charge is 2.24. The molecular weight excluding hydrogens is 392 g/mol. The van der Waals surface area contributed by atoms with E-state index in [0.29, 0.717) is 17.0 Å². The molecule has 1 aromatic rings. The predicted molar refractivity (Wildman–Crippen MR) is 114 cm³/mol. The third kappa shape index (κ3) is 10.2. The van der Waals surface area contributed by atoms with E-state index < -0.39 is 34.4 Å². The van der Waals surface area contributed by atoms with Crippen LogP contribution in [0, 0.1) is 5.92 Å². The van der Waals surface area contributed by atoms with Crippen molar-refractivity contribution in [2.45, 2.75) is 70.4 Å². The topological polar surface area (TPSA) is 102 Å². The van der Waals surface area contributed by atoms with Gasteiger partial charge in [0.05, 0.1) is 12.5 Å². The van der Waals surface area contributed by atoms with Gasteiger partial charge in [-0.1, -0.05) is 13.8 Å². The van der Waals surface area contributed by atoms with Gasteiger partial charge in [-0.25, -0.2) is 4.79 Å². The molecule has 0 aliphatic carbocycles. The molecule has 0 heterocycles. The Bertz CT molecular complexity index is 738. The van der Waals surface area contributed by atoms with Crippen LogP contribution in [0.1, 0.15) is 53.9 Å². The predicted octanol–water partition coefficient (Wildman–Crippen LogP) is 3.65. The first-order valence-electron chi connectivity index (χ1n) is 9.63. The lowest BCUT2D eigenvalue weighted by atomic mass is 9.98. The molecule has 2 N–H and O–H groups in total. The summed E-state index contributed by atoms with van der Waals surface area (Å²) < 4.78 is 16.7. The molecule has 1 aromatic carbocycles. The summed E-state index contributed by atoms with van der Waals surface area (Å²) in [5, 5.41) is 5.36. The van der Waals surface area contributed by atoms with Crippen LogP contribution in [0.15, 0.2) is 29.2 Å². The molecule has 162 valence electrons. The molecule has 0 aliphatic heterocycles. The first-order chi connectivity index (χ1) is 13.4. The molecule has 0 saturated heterocycles. The van der Waals surface area contributed by atoms with E-state index in [1.54, 1.807) is 51.3 Å². The van der Waals surface area contributed by atoms with Gasteiger partial charge in [0.25, 0.3) is 0 Å². The van der Waals surface area contributed by atoms with Gasteiger partial charge in [-0.15, -0.1) is 0 Å². The molecule has 0 spiro atoms. The molecular formula is C21H32N2O5S. The number of anilines is 1. The third-order valence-electron chi connectivity index (χ3n) is 3.84. The molecule has 2 atom stereocenters. The number of benzene rings is 1. The molecule has 29 heavy (non-hydrogen) atoms. The Kier molecular flexibility index (Phi) is 9.49. The number of ether oxygens (including phenoxy) is 1. The van der Waals surface area contributed by atoms with Crippen LogP contribution in [0.25, 0.3) is 0 Å². The molecule has 0 aromatic heterocycles. The second-order valence-corrected chi connectivity index (χ2v) is 9.69. The van der Waals surface area contributed by atoms with Crippen molar-refractivity contribution in [1.82, 2.24) is 5.32 Å². The number of Topliss-reactive ketones (excluding diaryl/α,β-unsaturated/α-hetero) is 1. The zero-order valence-electron chi connectivity index (χ0n) is 18.0. The maximum atomic E-state index is 12.6. The van der Waals surface area contributed by atoms with Gasteiger partial charge in [0.15, 0.2) is 5.78 Å². The second-order valence-electron chi connectivity index (χ2n) is 8.31. The van der Waals surface area contributed by atoms with Gasteiger partial charge in [-0.2, -0.15) is 0 Å². The van der Waals surface area contributed by atoms with Gasteiger partial charge in [-0.05, 0) is 57.4 Å². The maximum Gasteiger partial charge on any atom is 0.319 e. The van der Waals surface area contributed by atoms with Crippen LogP contribution in [0.4, 0.5) is 10.5 Å². The monoisotopic (exact) mass is 424 g/mol. The van der Waals surface area contributed by atoms with Crippen molar-refractivity contribution in [3.63, 3.8) is 0 Å². The summed E-state index contributed by atoms with van der Waals surface area (Å²) in [7, 11) is -1.10. The summed E-state index contributed by atoms with van der Waals surface area (Å²) in [6, 6.07) is 5.44. The lowest BCUT2D eigenvalue weighted by Gasteiger charge is -2.21. The Balaban J connectivity index is 2.67. The highest BCUT2D eigenvalue weighted by atomic mass is 32.2. The van der Waals surface area contributed by atoms with Crippen LogP contribution < -0.4 is 10.6 Å². The van der Waals surface area contributed by atoms with Crippen LogP contribution in [0.2, 0.25) is 0 Å². The number of carbonyl (C=O) groups excluding carboxylic acids is 3. The summed E-state index contributed by atoms with van der Waals surface area (Å²) in [6.07, 6.45) is 2.02. The SMILES string of the molecule is CC(C)C[C@H](NC(=O)Nc1ccc(S(C)=O)cc1)C(=O)CCC(=O)OC(C)(C)C. The highest BCUT2D eigenvalue weighted by Crippen LogP contribution is 2.14. The summed E-state index contributed by atoms with van der Waals surface area (Å²) in [5.41, 5.74) is -0.0728.